The number of hydrogen-bond donors (Lipinski definition) is 4. The van der Waals surface area contributed by atoms with Gasteiger partial charge in [0.25, 0.3) is 11.8 Å². The number of piperidine rings is 1. The second-order valence-electron chi connectivity index (χ2n) is 12.7. The van der Waals surface area contributed by atoms with Gasteiger partial charge in [-0.05, 0) is 68.6 Å². The quantitative estimate of drug-likeness (QED) is 0.215. The minimum Gasteiger partial charge on any atom is -0.495 e. The number of nitrogens with zero attached hydrogens (tertiary/aromatic N) is 4. The predicted octanol–water partition coefficient (Wildman–Crippen LogP) is 3.97. The molecule has 12 heteroatoms. The smallest absolute Gasteiger partial charge is 0.273 e. The molecule has 0 radical (unpaired) electrons. The van der Waals surface area contributed by atoms with Crippen molar-refractivity contribution in [2.24, 2.45) is 5.73 Å². The second-order valence-corrected chi connectivity index (χ2v) is 12.7. The van der Waals surface area contributed by atoms with Crippen LogP contribution in [-0.2, 0) is 11.8 Å². The van der Waals surface area contributed by atoms with Crippen molar-refractivity contribution < 1.29 is 18.8 Å². The van der Waals surface area contributed by atoms with Gasteiger partial charge in [-0.3, -0.25) is 9.59 Å². The Morgan fingerprint density at radius 2 is 1.89 bits per heavy atom. The topological polar surface area (TPSA) is 161 Å². The van der Waals surface area contributed by atoms with E-state index in [1.165, 1.54) is 0 Å². The van der Waals surface area contributed by atoms with E-state index >= 15 is 0 Å². The minimum atomic E-state index is -0.387. The summed E-state index contributed by atoms with van der Waals surface area (Å²) in [5, 5.41) is 13.4. The van der Waals surface area contributed by atoms with Crippen LogP contribution < -0.4 is 26.4 Å². The number of nitrogens with two attached hydrogens (primary N) is 1. The van der Waals surface area contributed by atoms with E-state index in [0.717, 1.165) is 37.1 Å². The lowest BCUT2D eigenvalue weighted by Crippen LogP contribution is -2.43. The fourth-order valence-electron chi connectivity index (χ4n) is 6.07. The minimum absolute atomic E-state index is 0.133. The number of fused-ring (bicyclic) bond motifs is 3. The van der Waals surface area contributed by atoms with Gasteiger partial charge in [0.1, 0.15) is 11.4 Å². The summed E-state index contributed by atoms with van der Waals surface area (Å²) in [5.41, 5.74) is 10.3. The summed E-state index contributed by atoms with van der Waals surface area (Å²) in [7, 11) is 3.64. The maximum Gasteiger partial charge on any atom is 0.273 e. The number of benzene rings is 2. The first-order valence-corrected chi connectivity index (χ1v) is 15.5. The fourth-order valence-corrected chi connectivity index (χ4v) is 6.07. The van der Waals surface area contributed by atoms with Crippen molar-refractivity contribution in [3.63, 3.8) is 0 Å². The molecule has 1 aliphatic heterocycles. The van der Waals surface area contributed by atoms with Crippen LogP contribution in [0.3, 0.4) is 0 Å². The first kappa shape index (κ1) is 31.2. The van der Waals surface area contributed by atoms with Gasteiger partial charge in [-0.15, -0.1) is 0 Å². The zero-order chi connectivity index (χ0) is 32.4. The molecule has 1 saturated heterocycles. The average Bonchev–Trinajstić information content (AvgIpc) is 3.48. The largest absolute Gasteiger partial charge is 0.495 e. The van der Waals surface area contributed by atoms with E-state index in [9.17, 15) is 9.59 Å². The summed E-state index contributed by atoms with van der Waals surface area (Å²) in [6.45, 7) is 6.32. The van der Waals surface area contributed by atoms with Crippen LogP contribution in [0.5, 0.6) is 5.75 Å². The molecule has 6 rings (SSSR count). The van der Waals surface area contributed by atoms with Gasteiger partial charge in [-0.1, -0.05) is 49.3 Å². The summed E-state index contributed by atoms with van der Waals surface area (Å²) < 4.78 is 11.4. The molecule has 46 heavy (non-hydrogen) atoms. The SMILES string of the molecule is COc1cc(C(=O)NC2CCN(C)CC2)ccc1Nc1ncc2c(n1)-c1onc(C(=O)NC[C@@H](N)c3ccccc3)c1CC2(C)C. The molecule has 0 unspecified atom stereocenters. The van der Waals surface area contributed by atoms with E-state index in [-0.39, 0.29) is 41.6 Å². The predicted molar refractivity (Wildman–Crippen MR) is 174 cm³/mol. The highest BCUT2D eigenvalue weighted by Gasteiger charge is 2.39. The molecule has 1 aliphatic carbocycles. The summed E-state index contributed by atoms with van der Waals surface area (Å²) in [6.07, 6.45) is 4.14. The molecular weight excluding hydrogens is 584 g/mol. The maximum absolute atomic E-state index is 13.2. The van der Waals surface area contributed by atoms with Crippen molar-refractivity contribution in [1.29, 1.82) is 0 Å². The zero-order valence-corrected chi connectivity index (χ0v) is 26.6. The van der Waals surface area contributed by atoms with Gasteiger partial charge in [0.2, 0.25) is 5.95 Å². The highest BCUT2D eigenvalue weighted by molar-refractivity contribution is 5.96. The van der Waals surface area contributed by atoms with Crippen LogP contribution in [0.2, 0.25) is 0 Å². The standard InChI is InChI=1S/C34H40N8O4/c1-34(2)17-23-28(32(44)36-19-25(35)20-8-6-5-7-9-20)41-46-30(23)29-24(34)18-37-33(40-29)39-26-11-10-21(16-27(26)45-4)31(43)38-22-12-14-42(3)15-13-22/h5-11,16,18,22,25H,12-15,17,19,35H2,1-4H3,(H,36,44)(H,38,43)(H,37,39,40)/t25-/m1/s1. The van der Waals surface area contributed by atoms with Gasteiger partial charge in [-0.25, -0.2) is 9.97 Å². The van der Waals surface area contributed by atoms with Crippen LogP contribution >= 0.6 is 0 Å². The monoisotopic (exact) mass is 624 g/mol. The molecule has 0 bridgehead atoms. The average molecular weight is 625 g/mol. The Morgan fingerprint density at radius 3 is 2.63 bits per heavy atom. The lowest BCUT2D eigenvalue weighted by atomic mass is 9.74. The number of aromatic nitrogens is 3. The van der Waals surface area contributed by atoms with Crippen LogP contribution in [0, 0.1) is 0 Å². The van der Waals surface area contributed by atoms with Gasteiger partial charge in [-0.2, -0.15) is 0 Å². The molecule has 2 aliphatic rings. The van der Waals surface area contributed by atoms with E-state index in [2.05, 4.69) is 51.9 Å². The number of hydrogen-bond acceptors (Lipinski definition) is 10. The lowest BCUT2D eigenvalue weighted by molar-refractivity contribution is 0.0914. The third kappa shape index (κ3) is 6.44. The van der Waals surface area contributed by atoms with Crippen LogP contribution in [-0.4, -0.2) is 71.7 Å². The number of rotatable bonds is 9. The normalized spacial score (nSPS) is 16.5. The van der Waals surface area contributed by atoms with Crippen LogP contribution in [0.4, 0.5) is 11.6 Å². The molecule has 2 aromatic carbocycles. The van der Waals surface area contributed by atoms with E-state index in [1.54, 1.807) is 31.5 Å². The summed E-state index contributed by atoms with van der Waals surface area (Å²) in [5.74, 6) is 0.732. The Labute approximate surface area is 268 Å². The van der Waals surface area contributed by atoms with Crippen molar-refractivity contribution in [3.8, 4) is 17.2 Å². The number of carbonyl (C=O) groups is 2. The molecular formula is C34H40N8O4. The Hall–Kier alpha value is -4.81. The molecule has 4 aromatic rings. The van der Waals surface area contributed by atoms with Crippen LogP contribution in [0.25, 0.3) is 11.5 Å². The first-order valence-electron chi connectivity index (χ1n) is 15.5. The summed E-state index contributed by atoms with van der Waals surface area (Å²) >= 11 is 0. The number of likely N-dealkylation sites (tertiary alicyclic amines) is 1. The lowest BCUT2D eigenvalue weighted by Gasteiger charge is -2.30. The maximum atomic E-state index is 13.2. The first-order chi connectivity index (χ1) is 22.1. The Kier molecular flexibility index (Phi) is 8.74. The van der Waals surface area contributed by atoms with Crippen molar-refractivity contribution in [3.05, 3.63) is 82.7 Å². The Morgan fingerprint density at radius 1 is 1.13 bits per heavy atom. The number of amides is 2. The van der Waals surface area contributed by atoms with Crippen molar-refractivity contribution in [2.45, 2.75) is 50.6 Å². The molecule has 1 atom stereocenters. The van der Waals surface area contributed by atoms with Crippen LogP contribution in [0.1, 0.15) is 70.3 Å². The van der Waals surface area contributed by atoms with Crippen LogP contribution in [0.15, 0.2) is 59.3 Å². The summed E-state index contributed by atoms with van der Waals surface area (Å²) in [4.78, 5) is 37.9. The van der Waals surface area contributed by atoms with E-state index in [1.807, 2.05) is 30.3 Å². The fraction of sp³-hybridized carbons (Fsp3) is 0.382. The number of ether oxygens (including phenoxy) is 1. The van der Waals surface area contributed by atoms with Crippen molar-refractivity contribution in [2.75, 3.05) is 39.1 Å². The van der Waals surface area contributed by atoms with Gasteiger partial charge >= 0.3 is 0 Å². The van der Waals surface area contributed by atoms with Gasteiger partial charge in [0, 0.05) is 41.5 Å². The molecule has 0 spiro atoms. The third-order valence-corrected chi connectivity index (χ3v) is 8.83. The summed E-state index contributed by atoms with van der Waals surface area (Å²) in [6, 6.07) is 14.6. The molecule has 5 N–H and O–H groups in total. The molecule has 2 amide bonds. The van der Waals surface area contributed by atoms with Gasteiger partial charge in [0.05, 0.1) is 12.8 Å². The molecule has 12 nitrogen and oxygen atoms in total. The molecule has 1 fully saturated rings. The zero-order valence-electron chi connectivity index (χ0n) is 26.6. The van der Waals surface area contributed by atoms with E-state index < -0.39 is 0 Å². The Balaban J connectivity index is 1.20. The molecule has 0 saturated carbocycles. The number of anilines is 2. The molecule has 3 heterocycles. The van der Waals surface area contributed by atoms with Gasteiger partial charge in [0.15, 0.2) is 11.5 Å². The van der Waals surface area contributed by atoms with Gasteiger partial charge < -0.3 is 35.8 Å². The highest BCUT2D eigenvalue weighted by atomic mass is 16.5. The van der Waals surface area contributed by atoms with Crippen molar-refractivity contribution >= 4 is 23.5 Å². The second kappa shape index (κ2) is 12.9. The molecule has 2 aromatic heterocycles. The van der Waals surface area contributed by atoms with Crippen molar-refractivity contribution in [1.82, 2.24) is 30.7 Å². The number of methoxy groups -OCH3 is 1. The number of nitrogens with one attached hydrogen (secondary N) is 3. The molecule has 240 valence electrons. The van der Waals surface area contributed by atoms with E-state index in [0.29, 0.717) is 46.4 Å². The number of carbonyl (C=O) groups excluding carboxylic acids is 2. The highest BCUT2D eigenvalue weighted by Crippen LogP contribution is 2.43. The van der Waals surface area contributed by atoms with E-state index in [4.69, 9.17) is 20.0 Å². The third-order valence-electron chi connectivity index (χ3n) is 8.83. The Bertz CT molecular complexity index is 1730.